The number of hydrogen-bond donors (Lipinski definition) is 2. The summed E-state index contributed by atoms with van der Waals surface area (Å²) in [5.74, 6) is -1.98. The molecule has 2 aliphatic heterocycles. The van der Waals surface area contributed by atoms with E-state index in [1.165, 1.54) is 0 Å². The van der Waals surface area contributed by atoms with Crippen LogP contribution in [0.4, 0.5) is 0 Å². The highest BCUT2D eigenvalue weighted by atomic mass is 16.2. The van der Waals surface area contributed by atoms with Crippen molar-refractivity contribution in [3.05, 3.63) is 0 Å². The van der Waals surface area contributed by atoms with Gasteiger partial charge in [-0.25, -0.2) is 0 Å². The van der Waals surface area contributed by atoms with Crippen molar-refractivity contribution in [2.45, 2.75) is 65.0 Å². The number of imide groups is 1. The number of carbonyl (C=O) groups is 4. The van der Waals surface area contributed by atoms with Gasteiger partial charge in [-0.3, -0.25) is 24.1 Å². The minimum Gasteiger partial charge on any atom is -0.356 e. The van der Waals surface area contributed by atoms with Crippen LogP contribution < -0.4 is 10.6 Å². The summed E-state index contributed by atoms with van der Waals surface area (Å²) in [6.07, 6.45) is 2.17. The monoisotopic (exact) mass is 376 g/mol. The van der Waals surface area contributed by atoms with Crippen LogP contribution in [0.15, 0.2) is 0 Å². The highest BCUT2D eigenvalue weighted by Gasteiger charge is 2.43. The molecule has 0 spiro atoms. The lowest BCUT2D eigenvalue weighted by atomic mass is 9.91. The molecule has 0 aliphatic carbocycles. The topological polar surface area (TPSA) is 119 Å². The van der Waals surface area contributed by atoms with Crippen LogP contribution in [-0.4, -0.2) is 47.2 Å². The molecule has 0 aromatic rings. The third-order valence-electron chi connectivity index (χ3n) is 5.11. The third kappa shape index (κ3) is 5.06. The summed E-state index contributed by atoms with van der Waals surface area (Å²) < 4.78 is 0. The van der Waals surface area contributed by atoms with Crippen molar-refractivity contribution >= 4 is 23.6 Å². The summed E-state index contributed by atoms with van der Waals surface area (Å²) >= 11 is 0. The second-order valence-corrected chi connectivity index (χ2v) is 7.91. The van der Waals surface area contributed by atoms with Crippen LogP contribution in [0.5, 0.6) is 0 Å². The van der Waals surface area contributed by atoms with Gasteiger partial charge in [-0.05, 0) is 31.6 Å². The third-order valence-corrected chi connectivity index (χ3v) is 5.11. The standard InChI is InChI=1S/C19H28N4O4/c1-11(2)7-15(23-16(24)8-12(3)19(23)27)18(26)22-14(10-20)9-13-5-4-6-21-17(13)25/h11-15H,4-9H2,1-3H3,(H,21,25)(H,22,26)/t12-,13+,14+,15+/m1/s1. The maximum atomic E-state index is 12.8. The van der Waals surface area contributed by atoms with Crippen molar-refractivity contribution < 1.29 is 19.2 Å². The lowest BCUT2D eigenvalue weighted by molar-refractivity contribution is -0.148. The van der Waals surface area contributed by atoms with Gasteiger partial charge in [0, 0.05) is 24.8 Å². The molecule has 27 heavy (non-hydrogen) atoms. The van der Waals surface area contributed by atoms with Gasteiger partial charge in [0.15, 0.2) is 0 Å². The molecule has 2 aliphatic rings. The molecule has 0 radical (unpaired) electrons. The zero-order chi connectivity index (χ0) is 20.1. The fourth-order valence-electron chi connectivity index (χ4n) is 3.67. The predicted octanol–water partition coefficient (Wildman–Crippen LogP) is 0.721. The highest BCUT2D eigenvalue weighted by Crippen LogP contribution is 2.25. The van der Waals surface area contributed by atoms with E-state index in [1.807, 2.05) is 19.9 Å². The minimum absolute atomic E-state index is 0.0851. The smallest absolute Gasteiger partial charge is 0.244 e. The summed E-state index contributed by atoms with van der Waals surface area (Å²) in [4.78, 5) is 50.4. The van der Waals surface area contributed by atoms with E-state index in [9.17, 15) is 24.4 Å². The molecule has 2 rings (SSSR count). The molecule has 8 nitrogen and oxygen atoms in total. The van der Waals surface area contributed by atoms with Crippen molar-refractivity contribution in [1.82, 2.24) is 15.5 Å². The zero-order valence-electron chi connectivity index (χ0n) is 16.2. The number of nitrogens with zero attached hydrogens (tertiary/aromatic N) is 2. The molecule has 0 saturated carbocycles. The number of carbonyl (C=O) groups excluding carboxylic acids is 4. The molecule has 148 valence electrons. The predicted molar refractivity (Wildman–Crippen MR) is 96.8 cm³/mol. The highest BCUT2D eigenvalue weighted by molar-refractivity contribution is 6.06. The number of rotatable bonds is 7. The molecular weight excluding hydrogens is 348 g/mol. The van der Waals surface area contributed by atoms with Crippen molar-refractivity contribution in [2.24, 2.45) is 17.8 Å². The first-order chi connectivity index (χ1) is 12.7. The summed E-state index contributed by atoms with van der Waals surface area (Å²) in [7, 11) is 0. The maximum Gasteiger partial charge on any atom is 0.244 e. The van der Waals surface area contributed by atoms with Crippen molar-refractivity contribution in [1.29, 1.82) is 5.26 Å². The van der Waals surface area contributed by atoms with E-state index in [0.717, 1.165) is 11.3 Å². The Bertz CT molecular complexity index is 655. The van der Waals surface area contributed by atoms with E-state index < -0.39 is 23.9 Å². The molecule has 2 saturated heterocycles. The number of nitriles is 1. The van der Waals surface area contributed by atoms with Gasteiger partial charge in [-0.15, -0.1) is 0 Å². The molecule has 2 heterocycles. The molecule has 8 heteroatoms. The Labute approximate surface area is 159 Å². The molecule has 2 N–H and O–H groups in total. The normalized spacial score (nSPS) is 25.1. The molecule has 0 aromatic carbocycles. The molecule has 0 unspecified atom stereocenters. The molecule has 0 bridgehead atoms. The van der Waals surface area contributed by atoms with Crippen LogP contribution in [0.25, 0.3) is 0 Å². The van der Waals surface area contributed by atoms with Gasteiger partial charge >= 0.3 is 0 Å². The van der Waals surface area contributed by atoms with E-state index in [2.05, 4.69) is 10.6 Å². The van der Waals surface area contributed by atoms with Gasteiger partial charge in [0.25, 0.3) is 0 Å². The summed E-state index contributed by atoms with van der Waals surface area (Å²) in [6, 6.07) is 0.264. The molecule has 0 aromatic heterocycles. The number of hydrogen-bond acceptors (Lipinski definition) is 5. The Morgan fingerprint density at radius 1 is 1.37 bits per heavy atom. The largest absolute Gasteiger partial charge is 0.356 e. The summed E-state index contributed by atoms with van der Waals surface area (Å²) in [5, 5.41) is 14.8. The van der Waals surface area contributed by atoms with Crippen LogP contribution in [0.3, 0.4) is 0 Å². The van der Waals surface area contributed by atoms with Crippen LogP contribution in [-0.2, 0) is 19.2 Å². The molecular formula is C19H28N4O4. The first kappa shape index (κ1) is 20.9. The lowest BCUT2D eigenvalue weighted by Gasteiger charge is -2.29. The van der Waals surface area contributed by atoms with E-state index in [4.69, 9.17) is 0 Å². The Balaban J connectivity index is 2.10. The fraction of sp³-hybridized carbons (Fsp3) is 0.737. The summed E-state index contributed by atoms with van der Waals surface area (Å²) in [5.41, 5.74) is 0. The Kier molecular flexibility index (Phi) is 6.94. The van der Waals surface area contributed by atoms with Gasteiger partial charge in [-0.1, -0.05) is 20.8 Å². The minimum atomic E-state index is -0.925. The van der Waals surface area contributed by atoms with Crippen LogP contribution in [0.1, 0.15) is 52.9 Å². The van der Waals surface area contributed by atoms with E-state index in [-0.39, 0.29) is 42.4 Å². The molecule has 2 fully saturated rings. The van der Waals surface area contributed by atoms with E-state index >= 15 is 0 Å². The Hall–Kier alpha value is -2.43. The zero-order valence-corrected chi connectivity index (χ0v) is 16.2. The molecule has 4 amide bonds. The van der Waals surface area contributed by atoms with Gasteiger partial charge in [0.2, 0.25) is 23.6 Å². The van der Waals surface area contributed by atoms with Gasteiger partial charge < -0.3 is 10.6 Å². The number of piperidine rings is 1. The first-order valence-electron chi connectivity index (χ1n) is 9.58. The van der Waals surface area contributed by atoms with Crippen molar-refractivity contribution in [3.63, 3.8) is 0 Å². The van der Waals surface area contributed by atoms with Gasteiger partial charge in [0.1, 0.15) is 12.1 Å². The number of amides is 4. The second-order valence-electron chi connectivity index (χ2n) is 7.91. The second kappa shape index (κ2) is 8.98. The van der Waals surface area contributed by atoms with Crippen LogP contribution >= 0.6 is 0 Å². The lowest BCUT2D eigenvalue weighted by Crippen LogP contribution is -2.53. The Morgan fingerprint density at radius 3 is 2.59 bits per heavy atom. The van der Waals surface area contributed by atoms with Crippen molar-refractivity contribution in [3.8, 4) is 6.07 Å². The van der Waals surface area contributed by atoms with Crippen LogP contribution in [0.2, 0.25) is 0 Å². The Morgan fingerprint density at radius 2 is 2.07 bits per heavy atom. The average Bonchev–Trinajstić information content (AvgIpc) is 2.86. The number of likely N-dealkylation sites (tertiary alicyclic amines) is 1. The van der Waals surface area contributed by atoms with Gasteiger partial charge in [0.05, 0.1) is 6.07 Å². The molecule has 4 atom stereocenters. The van der Waals surface area contributed by atoms with E-state index in [0.29, 0.717) is 19.4 Å². The fourth-order valence-corrected chi connectivity index (χ4v) is 3.67. The van der Waals surface area contributed by atoms with Crippen molar-refractivity contribution in [2.75, 3.05) is 6.54 Å². The average molecular weight is 376 g/mol. The van der Waals surface area contributed by atoms with Crippen LogP contribution in [0, 0.1) is 29.1 Å². The number of nitrogens with one attached hydrogen (secondary N) is 2. The van der Waals surface area contributed by atoms with E-state index in [1.54, 1.807) is 6.92 Å². The first-order valence-corrected chi connectivity index (χ1v) is 9.58. The summed E-state index contributed by atoms with van der Waals surface area (Å²) in [6.45, 7) is 6.11. The van der Waals surface area contributed by atoms with Gasteiger partial charge in [-0.2, -0.15) is 5.26 Å². The maximum absolute atomic E-state index is 12.8. The quantitative estimate of drug-likeness (QED) is 0.635. The SMILES string of the molecule is CC(C)C[C@@H](C(=O)N[C@H](C#N)C[C@@H]1CCCNC1=O)N1C(=O)C[C@@H](C)C1=O.